The van der Waals surface area contributed by atoms with Crippen molar-refractivity contribution in [1.29, 1.82) is 0 Å². The number of furan rings is 1. The predicted molar refractivity (Wildman–Crippen MR) is 93.3 cm³/mol. The van der Waals surface area contributed by atoms with Gasteiger partial charge in [-0.3, -0.25) is 4.90 Å². The molecule has 1 fully saturated rings. The lowest BCUT2D eigenvalue weighted by molar-refractivity contribution is 0.0743. The minimum absolute atomic E-state index is 0.187. The maximum atomic E-state index is 13.5. The van der Waals surface area contributed by atoms with Gasteiger partial charge in [0.05, 0.1) is 12.6 Å². The van der Waals surface area contributed by atoms with Crippen molar-refractivity contribution in [3.63, 3.8) is 0 Å². The van der Waals surface area contributed by atoms with Crippen LogP contribution in [0.3, 0.4) is 0 Å². The average Bonchev–Trinajstić information content (AvgIpc) is 3.15. The zero-order valence-electron chi connectivity index (χ0n) is 14.2. The van der Waals surface area contributed by atoms with Gasteiger partial charge in [-0.2, -0.15) is 0 Å². The molecule has 1 aliphatic rings. The van der Waals surface area contributed by atoms with Gasteiger partial charge in [-0.25, -0.2) is 4.39 Å². The first kappa shape index (κ1) is 15.5. The van der Waals surface area contributed by atoms with Crippen LogP contribution in [0.15, 0.2) is 40.8 Å². The third-order valence-electron chi connectivity index (χ3n) is 5.16. The number of H-pyrrole nitrogens is 1. The second kappa shape index (κ2) is 6.10. The van der Waals surface area contributed by atoms with Crippen LogP contribution in [0.25, 0.3) is 10.9 Å². The molecule has 0 radical (unpaired) electrons. The quantitative estimate of drug-likeness (QED) is 0.706. The lowest BCUT2D eigenvalue weighted by atomic mass is 9.94. The summed E-state index contributed by atoms with van der Waals surface area (Å²) in [4.78, 5) is 6.00. The summed E-state index contributed by atoms with van der Waals surface area (Å²) in [7, 11) is 0. The lowest BCUT2D eigenvalue weighted by Crippen LogP contribution is -2.39. The standard InChI is InChI=1S/C20H23FN2O/c1-13-4-3-5-20(23(13)12-17-8-6-14(2)24-17)19-11-15-10-16(21)7-9-18(15)22-19/h6-11,13,20,22H,3-5,12H2,1-2H3. The van der Waals surface area contributed by atoms with E-state index in [4.69, 9.17) is 4.42 Å². The van der Waals surface area contributed by atoms with Crippen LogP contribution in [0.5, 0.6) is 0 Å². The van der Waals surface area contributed by atoms with Crippen molar-refractivity contribution in [2.45, 2.75) is 51.7 Å². The first-order valence-electron chi connectivity index (χ1n) is 8.69. The Balaban J connectivity index is 1.66. The molecule has 0 saturated carbocycles. The van der Waals surface area contributed by atoms with Gasteiger partial charge in [0.1, 0.15) is 17.3 Å². The summed E-state index contributed by atoms with van der Waals surface area (Å²) in [6.07, 6.45) is 3.52. The molecule has 3 nitrogen and oxygen atoms in total. The molecule has 24 heavy (non-hydrogen) atoms. The predicted octanol–water partition coefficient (Wildman–Crippen LogP) is 5.32. The number of piperidine rings is 1. The Morgan fingerprint density at radius 3 is 2.88 bits per heavy atom. The van der Waals surface area contributed by atoms with Crippen LogP contribution in [0.4, 0.5) is 4.39 Å². The van der Waals surface area contributed by atoms with Gasteiger partial charge in [-0.15, -0.1) is 0 Å². The van der Waals surface area contributed by atoms with E-state index < -0.39 is 0 Å². The number of hydrogen-bond acceptors (Lipinski definition) is 2. The van der Waals surface area contributed by atoms with Crippen LogP contribution in [-0.4, -0.2) is 15.9 Å². The molecule has 126 valence electrons. The molecule has 1 aromatic carbocycles. The number of halogens is 1. The Labute approximate surface area is 141 Å². The first-order valence-corrected chi connectivity index (χ1v) is 8.69. The molecule has 4 rings (SSSR count). The van der Waals surface area contributed by atoms with Crippen LogP contribution in [0.1, 0.15) is 49.4 Å². The molecule has 1 N–H and O–H groups in total. The van der Waals surface area contributed by atoms with Crippen LogP contribution >= 0.6 is 0 Å². The minimum Gasteiger partial charge on any atom is -0.465 e. The van der Waals surface area contributed by atoms with Crippen molar-refractivity contribution < 1.29 is 8.81 Å². The second-order valence-electron chi connectivity index (χ2n) is 6.94. The number of benzene rings is 1. The van der Waals surface area contributed by atoms with Gasteiger partial charge in [0.15, 0.2) is 0 Å². The summed E-state index contributed by atoms with van der Waals surface area (Å²) in [6.45, 7) is 5.07. The maximum Gasteiger partial charge on any atom is 0.123 e. The Morgan fingerprint density at radius 2 is 2.08 bits per heavy atom. The van der Waals surface area contributed by atoms with Gasteiger partial charge >= 0.3 is 0 Å². The summed E-state index contributed by atoms with van der Waals surface area (Å²) >= 11 is 0. The molecule has 3 heterocycles. The van der Waals surface area contributed by atoms with E-state index in [1.165, 1.54) is 24.6 Å². The molecule has 2 aromatic heterocycles. The number of aromatic amines is 1. The van der Waals surface area contributed by atoms with E-state index >= 15 is 0 Å². The summed E-state index contributed by atoms with van der Waals surface area (Å²) < 4.78 is 19.3. The SMILES string of the molecule is Cc1ccc(CN2C(C)CCCC2c2cc3cc(F)ccc3[nH]2)o1. The smallest absolute Gasteiger partial charge is 0.123 e. The molecule has 1 aliphatic heterocycles. The fourth-order valence-electron chi connectivity index (χ4n) is 3.90. The summed E-state index contributed by atoms with van der Waals surface area (Å²) in [5, 5.41) is 0.942. The highest BCUT2D eigenvalue weighted by molar-refractivity contribution is 5.80. The van der Waals surface area contributed by atoms with E-state index in [9.17, 15) is 4.39 Å². The van der Waals surface area contributed by atoms with E-state index in [-0.39, 0.29) is 5.82 Å². The van der Waals surface area contributed by atoms with E-state index in [0.717, 1.165) is 35.4 Å². The highest BCUT2D eigenvalue weighted by Gasteiger charge is 2.30. The molecule has 0 amide bonds. The summed E-state index contributed by atoms with van der Waals surface area (Å²) in [5.74, 6) is 1.77. The lowest BCUT2D eigenvalue weighted by Gasteiger charge is -2.39. The molecule has 4 heteroatoms. The van der Waals surface area contributed by atoms with Crippen LogP contribution in [0.2, 0.25) is 0 Å². The minimum atomic E-state index is -0.187. The van der Waals surface area contributed by atoms with Crippen molar-refractivity contribution in [3.05, 3.63) is 59.4 Å². The molecule has 3 aromatic rings. The molecule has 1 saturated heterocycles. The molecule has 2 atom stereocenters. The molecule has 0 aliphatic carbocycles. The van der Waals surface area contributed by atoms with Gasteiger partial charge in [0, 0.05) is 22.6 Å². The van der Waals surface area contributed by atoms with Gasteiger partial charge in [-0.1, -0.05) is 0 Å². The fourth-order valence-corrected chi connectivity index (χ4v) is 3.90. The van der Waals surface area contributed by atoms with Crippen LogP contribution < -0.4 is 0 Å². The molecule has 2 unspecified atom stereocenters. The summed E-state index contributed by atoms with van der Waals surface area (Å²) in [6, 6.07) is 11.9. The molecule has 0 bridgehead atoms. The fraction of sp³-hybridized carbons (Fsp3) is 0.400. The van der Waals surface area contributed by atoms with E-state index in [2.05, 4.69) is 28.9 Å². The van der Waals surface area contributed by atoms with Crippen molar-refractivity contribution in [1.82, 2.24) is 9.88 Å². The number of likely N-dealkylation sites (tertiary alicyclic amines) is 1. The monoisotopic (exact) mass is 326 g/mol. The number of nitrogens with one attached hydrogen (secondary N) is 1. The van der Waals surface area contributed by atoms with Gasteiger partial charge in [0.25, 0.3) is 0 Å². The van der Waals surface area contributed by atoms with Gasteiger partial charge in [-0.05, 0) is 69.5 Å². The van der Waals surface area contributed by atoms with Crippen LogP contribution in [-0.2, 0) is 6.54 Å². The van der Waals surface area contributed by atoms with Gasteiger partial charge in [0.2, 0.25) is 0 Å². The second-order valence-corrected chi connectivity index (χ2v) is 6.94. The number of fused-ring (bicyclic) bond motifs is 1. The van der Waals surface area contributed by atoms with Gasteiger partial charge < -0.3 is 9.40 Å². The Bertz CT molecular complexity index is 850. The normalized spacial score (nSPS) is 22.3. The zero-order valence-corrected chi connectivity index (χ0v) is 14.2. The number of nitrogens with zero attached hydrogens (tertiary/aromatic N) is 1. The Hall–Kier alpha value is -2.07. The number of hydrogen-bond donors (Lipinski definition) is 1. The van der Waals surface area contributed by atoms with Crippen molar-refractivity contribution >= 4 is 10.9 Å². The Morgan fingerprint density at radius 1 is 1.21 bits per heavy atom. The topological polar surface area (TPSA) is 32.2 Å². The Kier molecular flexibility index (Phi) is 3.93. The largest absolute Gasteiger partial charge is 0.465 e. The summed E-state index contributed by atoms with van der Waals surface area (Å²) in [5.41, 5.74) is 2.17. The molecular formula is C20H23FN2O. The zero-order chi connectivity index (χ0) is 16.7. The highest BCUT2D eigenvalue weighted by Crippen LogP contribution is 2.36. The van der Waals surface area contributed by atoms with E-state index in [0.29, 0.717) is 12.1 Å². The molecule has 0 spiro atoms. The van der Waals surface area contributed by atoms with Crippen molar-refractivity contribution in [2.75, 3.05) is 0 Å². The number of aromatic nitrogens is 1. The van der Waals surface area contributed by atoms with E-state index in [1.54, 1.807) is 6.07 Å². The van der Waals surface area contributed by atoms with Crippen molar-refractivity contribution in [3.8, 4) is 0 Å². The highest BCUT2D eigenvalue weighted by atomic mass is 19.1. The average molecular weight is 326 g/mol. The van der Waals surface area contributed by atoms with E-state index in [1.807, 2.05) is 19.1 Å². The number of rotatable bonds is 3. The maximum absolute atomic E-state index is 13.5. The third-order valence-corrected chi connectivity index (χ3v) is 5.16. The third kappa shape index (κ3) is 2.86. The number of aryl methyl sites for hydroxylation is 1. The molecular weight excluding hydrogens is 303 g/mol. The first-order chi connectivity index (χ1) is 11.6. The van der Waals surface area contributed by atoms with Crippen molar-refractivity contribution in [2.24, 2.45) is 0 Å². The van der Waals surface area contributed by atoms with Crippen LogP contribution in [0, 0.1) is 12.7 Å².